The summed E-state index contributed by atoms with van der Waals surface area (Å²) in [6, 6.07) is 26.0. The number of esters is 1. The second-order valence-corrected chi connectivity index (χ2v) is 10.6. The molecule has 2 aliphatic rings. The van der Waals surface area contributed by atoms with Crippen LogP contribution in [-0.4, -0.2) is 50.7 Å². The molecule has 0 aromatic heterocycles. The molecule has 194 valence electrons. The molecule has 8 nitrogen and oxygen atoms in total. The van der Waals surface area contributed by atoms with Crippen LogP contribution in [0.4, 0.5) is 0 Å². The summed E-state index contributed by atoms with van der Waals surface area (Å²) in [6.07, 6.45) is -0.755. The maximum Gasteiger partial charge on any atom is 0.357 e. The third kappa shape index (κ3) is 5.20. The van der Waals surface area contributed by atoms with Crippen LogP contribution in [0.1, 0.15) is 17.2 Å². The SMILES string of the molecule is O=C(COc1ccccc1)N[C@@H]1C(=O)N2C(C(=O)OC(c3ccccc3)c3ccccc3)=C(Cl)CS(=O)[C@H]12. The van der Waals surface area contributed by atoms with E-state index in [1.165, 1.54) is 0 Å². The predicted molar refractivity (Wildman–Crippen MR) is 141 cm³/mol. The summed E-state index contributed by atoms with van der Waals surface area (Å²) in [6.45, 7) is -0.325. The molecule has 10 heteroatoms. The molecule has 3 aromatic carbocycles. The summed E-state index contributed by atoms with van der Waals surface area (Å²) in [5.41, 5.74) is 1.31. The zero-order valence-corrected chi connectivity index (χ0v) is 21.6. The highest BCUT2D eigenvalue weighted by Crippen LogP contribution is 2.38. The van der Waals surface area contributed by atoms with E-state index >= 15 is 0 Å². The lowest BCUT2D eigenvalue weighted by Gasteiger charge is -2.48. The Bertz CT molecular complexity index is 1360. The molecule has 0 aliphatic carbocycles. The molecule has 1 unspecified atom stereocenters. The van der Waals surface area contributed by atoms with Gasteiger partial charge in [-0.2, -0.15) is 0 Å². The van der Waals surface area contributed by atoms with Gasteiger partial charge in [0.05, 0.1) is 21.6 Å². The standard InChI is InChI=1S/C28H23ClN2O6S/c29-21-17-38(35)27-23(30-22(32)16-36-20-14-8-3-9-15-20)26(33)31(27)24(21)28(34)37-25(18-10-4-1-5-11-18)19-12-6-2-7-13-19/h1-15,23,25,27H,16-17H2,(H,30,32)/t23-,27-,38?/m1/s1. The number of carbonyl (C=O) groups is 3. The number of nitrogens with one attached hydrogen (secondary N) is 1. The van der Waals surface area contributed by atoms with Gasteiger partial charge in [0.15, 0.2) is 12.7 Å². The van der Waals surface area contributed by atoms with Gasteiger partial charge in [0.25, 0.3) is 11.8 Å². The molecule has 2 amide bonds. The molecule has 3 atom stereocenters. The lowest BCUT2D eigenvalue weighted by atomic mass is 10.0. The first-order valence-corrected chi connectivity index (χ1v) is 13.6. The van der Waals surface area contributed by atoms with Crippen molar-refractivity contribution in [3.8, 4) is 5.75 Å². The second kappa shape index (κ2) is 11.2. The van der Waals surface area contributed by atoms with Crippen molar-refractivity contribution < 1.29 is 28.1 Å². The Kier molecular flexibility index (Phi) is 7.57. The molecule has 5 rings (SSSR count). The molecule has 3 aromatic rings. The highest BCUT2D eigenvalue weighted by Gasteiger charge is 2.57. The summed E-state index contributed by atoms with van der Waals surface area (Å²) in [4.78, 5) is 40.0. The van der Waals surface area contributed by atoms with Crippen LogP contribution >= 0.6 is 11.6 Å². The van der Waals surface area contributed by atoms with Crippen molar-refractivity contribution in [2.75, 3.05) is 12.4 Å². The minimum Gasteiger partial charge on any atom is -0.484 e. The zero-order valence-electron chi connectivity index (χ0n) is 20.0. The number of para-hydroxylation sites is 1. The molecule has 2 heterocycles. The minimum absolute atomic E-state index is 0.0324. The molecule has 0 spiro atoms. The molecule has 0 saturated carbocycles. The van der Waals surface area contributed by atoms with E-state index in [1.54, 1.807) is 24.3 Å². The van der Waals surface area contributed by atoms with Crippen molar-refractivity contribution in [2.24, 2.45) is 0 Å². The summed E-state index contributed by atoms with van der Waals surface area (Å²) in [7, 11) is -1.64. The molecular formula is C28H23ClN2O6S. The smallest absolute Gasteiger partial charge is 0.357 e. The van der Waals surface area contributed by atoms with Crippen LogP contribution in [0, 0.1) is 0 Å². The Hall–Kier alpha value is -3.95. The van der Waals surface area contributed by atoms with E-state index < -0.39 is 46.1 Å². The fraction of sp³-hybridized carbons (Fsp3) is 0.179. The number of hydrogen-bond acceptors (Lipinski definition) is 6. The molecule has 0 bridgehead atoms. The van der Waals surface area contributed by atoms with Gasteiger partial charge in [-0.3, -0.25) is 18.7 Å². The van der Waals surface area contributed by atoms with Crippen molar-refractivity contribution in [1.82, 2.24) is 10.2 Å². The van der Waals surface area contributed by atoms with Gasteiger partial charge in [-0.15, -0.1) is 0 Å². The van der Waals surface area contributed by atoms with Gasteiger partial charge in [0, 0.05) is 0 Å². The molecule has 38 heavy (non-hydrogen) atoms. The first-order valence-electron chi connectivity index (χ1n) is 11.8. The van der Waals surface area contributed by atoms with Crippen molar-refractivity contribution in [3.05, 3.63) is 113 Å². The average Bonchev–Trinajstić information content (AvgIpc) is 2.94. The summed E-state index contributed by atoms with van der Waals surface area (Å²) < 4.78 is 24.2. The molecule has 1 fully saturated rings. The quantitative estimate of drug-likeness (QED) is 0.341. The number of amides is 2. The topological polar surface area (TPSA) is 102 Å². The van der Waals surface area contributed by atoms with Crippen molar-refractivity contribution in [3.63, 3.8) is 0 Å². The Morgan fingerprint density at radius 1 is 0.947 bits per heavy atom. The number of β-lactam (4-membered cyclic amide) rings is 1. The minimum atomic E-state index is -1.64. The molecule has 0 radical (unpaired) electrons. The Labute approximate surface area is 226 Å². The van der Waals surface area contributed by atoms with Crippen LogP contribution in [0.15, 0.2) is 102 Å². The average molecular weight is 551 g/mol. The summed E-state index contributed by atoms with van der Waals surface area (Å²) in [5, 5.41) is 1.59. The van der Waals surface area contributed by atoms with E-state index in [2.05, 4.69) is 5.32 Å². The normalized spacial score (nSPS) is 20.4. The van der Waals surface area contributed by atoms with E-state index in [9.17, 15) is 18.6 Å². The van der Waals surface area contributed by atoms with Gasteiger partial charge in [-0.1, -0.05) is 90.5 Å². The molecule has 1 N–H and O–H groups in total. The molecular weight excluding hydrogens is 528 g/mol. The third-order valence-electron chi connectivity index (χ3n) is 6.13. The number of nitrogens with zero attached hydrogens (tertiary/aromatic N) is 1. The molecule has 2 aliphatic heterocycles. The lowest BCUT2D eigenvalue weighted by molar-refractivity contribution is -0.154. The number of fused-ring (bicyclic) bond motifs is 1. The van der Waals surface area contributed by atoms with Crippen LogP contribution in [0.2, 0.25) is 0 Å². The summed E-state index contributed by atoms with van der Waals surface area (Å²) >= 11 is 6.36. The van der Waals surface area contributed by atoms with Gasteiger partial charge in [-0.25, -0.2) is 4.79 Å². The van der Waals surface area contributed by atoms with Crippen molar-refractivity contribution >= 4 is 40.2 Å². The first-order chi connectivity index (χ1) is 18.4. The van der Waals surface area contributed by atoms with Crippen molar-refractivity contribution in [2.45, 2.75) is 17.5 Å². The van der Waals surface area contributed by atoms with Gasteiger partial charge in [-0.05, 0) is 23.3 Å². The van der Waals surface area contributed by atoms with Gasteiger partial charge in [0.2, 0.25) is 0 Å². The summed E-state index contributed by atoms with van der Waals surface area (Å²) in [5.74, 6) is -1.62. The number of benzene rings is 3. The fourth-order valence-corrected chi connectivity index (χ4v) is 6.33. The number of halogens is 1. The Morgan fingerprint density at radius 3 is 2.08 bits per heavy atom. The van der Waals surface area contributed by atoms with Crippen molar-refractivity contribution in [1.29, 1.82) is 0 Å². The van der Waals surface area contributed by atoms with Gasteiger partial charge >= 0.3 is 5.97 Å². The van der Waals surface area contributed by atoms with Crippen LogP contribution in [0.5, 0.6) is 5.75 Å². The van der Waals surface area contributed by atoms with E-state index in [1.807, 2.05) is 66.7 Å². The van der Waals surface area contributed by atoms with E-state index in [0.29, 0.717) is 5.75 Å². The first kappa shape index (κ1) is 25.7. The zero-order chi connectivity index (χ0) is 26.6. The predicted octanol–water partition coefficient (Wildman–Crippen LogP) is 3.26. The Balaban J connectivity index is 1.32. The maximum atomic E-state index is 13.4. The van der Waals surface area contributed by atoms with Crippen LogP contribution in [0.3, 0.4) is 0 Å². The highest BCUT2D eigenvalue weighted by atomic mass is 35.5. The monoisotopic (exact) mass is 550 g/mol. The Morgan fingerprint density at radius 2 is 1.50 bits per heavy atom. The fourth-order valence-electron chi connectivity index (χ4n) is 4.35. The maximum absolute atomic E-state index is 13.4. The number of carbonyl (C=O) groups excluding carboxylic acids is 3. The van der Waals surface area contributed by atoms with Crippen LogP contribution in [-0.2, 0) is 29.9 Å². The van der Waals surface area contributed by atoms with E-state index in [4.69, 9.17) is 21.1 Å². The number of rotatable bonds is 8. The van der Waals surface area contributed by atoms with E-state index in [0.717, 1.165) is 16.0 Å². The van der Waals surface area contributed by atoms with Gasteiger partial charge < -0.3 is 14.8 Å². The highest BCUT2D eigenvalue weighted by molar-refractivity contribution is 7.86. The number of hydrogen-bond donors (Lipinski definition) is 1. The van der Waals surface area contributed by atoms with E-state index in [-0.39, 0.29) is 23.1 Å². The number of ether oxygens (including phenoxy) is 2. The largest absolute Gasteiger partial charge is 0.484 e. The third-order valence-corrected chi connectivity index (χ3v) is 8.20. The lowest BCUT2D eigenvalue weighted by Crippen LogP contribution is -2.73. The van der Waals surface area contributed by atoms with Crippen LogP contribution < -0.4 is 10.1 Å². The molecule has 1 saturated heterocycles. The second-order valence-electron chi connectivity index (χ2n) is 8.63. The van der Waals surface area contributed by atoms with Gasteiger partial charge in [0.1, 0.15) is 22.9 Å². The van der Waals surface area contributed by atoms with Crippen LogP contribution in [0.25, 0.3) is 0 Å².